The second-order valence-electron chi connectivity index (χ2n) is 3.75. The van der Waals surface area contributed by atoms with Crippen molar-refractivity contribution >= 4 is 12.1 Å². The van der Waals surface area contributed by atoms with Crippen LogP contribution in [0.1, 0.15) is 11.7 Å². The first kappa shape index (κ1) is 14.4. The molecule has 0 radical (unpaired) electrons. The zero-order valence-electron chi connectivity index (χ0n) is 10.2. The van der Waals surface area contributed by atoms with Gasteiger partial charge < -0.3 is 25.6 Å². The Morgan fingerprint density at radius 3 is 2.94 bits per heavy atom. The molecule has 1 amide bonds. The number of methoxy groups -OCH3 is 1. The van der Waals surface area contributed by atoms with Crippen molar-refractivity contribution in [1.29, 1.82) is 0 Å². The monoisotopic (exact) mass is 254 g/mol. The summed E-state index contributed by atoms with van der Waals surface area (Å²) in [7, 11) is 1.61. The summed E-state index contributed by atoms with van der Waals surface area (Å²) in [6.45, 7) is 1.58. The predicted molar refractivity (Wildman–Crippen MR) is 67.5 cm³/mol. The summed E-state index contributed by atoms with van der Waals surface area (Å²) in [4.78, 5) is 10.3. The summed E-state index contributed by atoms with van der Waals surface area (Å²) in [5.74, 6) is -0.0367. The Labute approximate surface area is 106 Å². The second kappa shape index (κ2) is 7.65. The number of anilines is 1. The summed E-state index contributed by atoms with van der Waals surface area (Å²) in [5, 5.41) is 24.7. The van der Waals surface area contributed by atoms with Crippen molar-refractivity contribution in [3.63, 3.8) is 0 Å². The van der Waals surface area contributed by atoms with Gasteiger partial charge in [0, 0.05) is 20.2 Å². The van der Waals surface area contributed by atoms with E-state index in [1.807, 2.05) is 0 Å². The van der Waals surface area contributed by atoms with Gasteiger partial charge in [-0.25, -0.2) is 0 Å². The molecule has 0 aromatic heterocycles. The molecule has 6 nitrogen and oxygen atoms in total. The number of phenols is 1. The number of nitrogens with one attached hydrogen (secondary N) is 2. The number of rotatable bonds is 8. The number of phenolic OH excluding ortho intramolecular Hbond substituents is 1. The Balaban J connectivity index is 2.59. The van der Waals surface area contributed by atoms with Gasteiger partial charge in [0.05, 0.1) is 18.4 Å². The lowest BCUT2D eigenvalue weighted by Gasteiger charge is -2.13. The van der Waals surface area contributed by atoms with Crippen molar-refractivity contribution in [2.45, 2.75) is 6.10 Å². The van der Waals surface area contributed by atoms with Crippen LogP contribution in [0.25, 0.3) is 0 Å². The summed E-state index contributed by atoms with van der Waals surface area (Å²) >= 11 is 0. The molecule has 6 heteroatoms. The molecule has 0 aliphatic heterocycles. The van der Waals surface area contributed by atoms with Gasteiger partial charge in [-0.1, -0.05) is 6.07 Å². The molecule has 0 aliphatic rings. The van der Waals surface area contributed by atoms with E-state index in [2.05, 4.69) is 10.6 Å². The maximum atomic E-state index is 10.3. The highest BCUT2D eigenvalue weighted by molar-refractivity contribution is 5.75. The van der Waals surface area contributed by atoms with Gasteiger partial charge >= 0.3 is 0 Å². The predicted octanol–water partition coefficient (Wildman–Crippen LogP) is 0.230. The van der Waals surface area contributed by atoms with E-state index in [9.17, 15) is 15.0 Å². The first-order valence-corrected chi connectivity index (χ1v) is 5.60. The number of hydrogen-bond acceptors (Lipinski definition) is 5. The van der Waals surface area contributed by atoms with Gasteiger partial charge in [-0.3, -0.25) is 4.79 Å². The maximum absolute atomic E-state index is 10.3. The Kier molecular flexibility index (Phi) is 6.13. The van der Waals surface area contributed by atoms with Crippen molar-refractivity contribution in [2.75, 3.05) is 32.1 Å². The van der Waals surface area contributed by atoms with Gasteiger partial charge in [0.15, 0.2) is 0 Å². The molecule has 4 N–H and O–H groups in total. The highest BCUT2D eigenvalue weighted by atomic mass is 16.5. The van der Waals surface area contributed by atoms with Crippen LogP contribution in [0, 0.1) is 0 Å². The van der Waals surface area contributed by atoms with Crippen LogP contribution in [0.5, 0.6) is 5.75 Å². The van der Waals surface area contributed by atoms with Gasteiger partial charge in [0.2, 0.25) is 6.41 Å². The molecule has 0 heterocycles. The molecule has 100 valence electrons. The molecule has 1 atom stereocenters. The molecule has 1 rings (SSSR count). The average Bonchev–Trinajstić information content (AvgIpc) is 2.37. The number of benzene rings is 1. The van der Waals surface area contributed by atoms with Crippen molar-refractivity contribution in [1.82, 2.24) is 5.32 Å². The molecule has 18 heavy (non-hydrogen) atoms. The second-order valence-corrected chi connectivity index (χ2v) is 3.75. The van der Waals surface area contributed by atoms with Gasteiger partial charge in [-0.15, -0.1) is 0 Å². The number of ether oxygens (including phenoxy) is 1. The molecular formula is C12H18N2O4. The molecule has 0 spiro atoms. The van der Waals surface area contributed by atoms with E-state index in [1.165, 1.54) is 12.1 Å². The van der Waals surface area contributed by atoms with E-state index in [4.69, 9.17) is 4.74 Å². The van der Waals surface area contributed by atoms with E-state index in [0.717, 1.165) is 0 Å². The number of hydrogen-bond donors (Lipinski definition) is 4. The molecule has 0 bridgehead atoms. The van der Waals surface area contributed by atoms with Gasteiger partial charge in [0.25, 0.3) is 0 Å². The van der Waals surface area contributed by atoms with Gasteiger partial charge in [-0.05, 0) is 17.7 Å². The first-order valence-electron chi connectivity index (χ1n) is 5.60. The summed E-state index contributed by atoms with van der Waals surface area (Å²) in [6, 6.07) is 4.57. The fourth-order valence-corrected chi connectivity index (χ4v) is 1.47. The third-order valence-electron chi connectivity index (χ3n) is 2.44. The average molecular weight is 254 g/mol. The number of amides is 1. The molecule has 1 aromatic rings. The number of aliphatic hydroxyl groups is 1. The first-order chi connectivity index (χ1) is 8.69. The molecule has 0 aliphatic carbocycles. The molecule has 0 saturated heterocycles. The largest absolute Gasteiger partial charge is 0.506 e. The summed E-state index contributed by atoms with van der Waals surface area (Å²) < 4.78 is 4.87. The number of carbonyl (C=O) groups is 1. The summed E-state index contributed by atoms with van der Waals surface area (Å²) in [5.41, 5.74) is 0.889. The molecule has 0 fully saturated rings. The lowest BCUT2D eigenvalue weighted by atomic mass is 10.1. The van der Waals surface area contributed by atoms with Crippen LogP contribution in [-0.4, -0.2) is 43.4 Å². The minimum Gasteiger partial charge on any atom is -0.506 e. The Morgan fingerprint density at radius 2 is 2.28 bits per heavy atom. The van der Waals surface area contributed by atoms with E-state index in [-0.39, 0.29) is 11.4 Å². The van der Waals surface area contributed by atoms with Crippen molar-refractivity contribution in [3.8, 4) is 5.75 Å². The van der Waals surface area contributed by atoms with Gasteiger partial charge in [0.1, 0.15) is 5.75 Å². The number of aromatic hydroxyl groups is 1. The standard InChI is InChI=1S/C12H18N2O4/c1-18-5-4-13-7-12(17)9-2-3-11(16)10(6-9)14-8-15/h2-3,6,8,12-13,16-17H,4-5,7H2,1H3,(H,14,15)/t12-/m0/s1. The van der Waals surface area contributed by atoms with Crippen LogP contribution < -0.4 is 10.6 Å². The van der Waals surface area contributed by atoms with Crippen LogP contribution >= 0.6 is 0 Å². The van der Waals surface area contributed by atoms with Crippen LogP contribution in [-0.2, 0) is 9.53 Å². The maximum Gasteiger partial charge on any atom is 0.211 e. The fourth-order valence-electron chi connectivity index (χ4n) is 1.47. The zero-order chi connectivity index (χ0) is 13.4. The topological polar surface area (TPSA) is 90.8 Å². The van der Waals surface area contributed by atoms with Crippen LogP contribution in [0.2, 0.25) is 0 Å². The SMILES string of the molecule is COCCNC[C@H](O)c1ccc(O)c(NC=O)c1. The highest BCUT2D eigenvalue weighted by Crippen LogP contribution is 2.26. The van der Waals surface area contributed by atoms with Crippen LogP contribution in [0.3, 0.4) is 0 Å². The van der Waals surface area contributed by atoms with E-state index in [0.29, 0.717) is 31.7 Å². The number of aliphatic hydroxyl groups excluding tert-OH is 1. The third-order valence-corrected chi connectivity index (χ3v) is 2.44. The molecule has 1 aromatic carbocycles. The Hall–Kier alpha value is -1.63. The van der Waals surface area contributed by atoms with Crippen molar-refractivity contribution in [3.05, 3.63) is 23.8 Å². The van der Waals surface area contributed by atoms with Crippen LogP contribution in [0.15, 0.2) is 18.2 Å². The lowest BCUT2D eigenvalue weighted by Crippen LogP contribution is -2.25. The molecule has 0 unspecified atom stereocenters. The van der Waals surface area contributed by atoms with Gasteiger partial charge in [-0.2, -0.15) is 0 Å². The lowest BCUT2D eigenvalue weighted by molar-refractivity contribution is -0.105. The van der Waals surface area contributed by atoms with E-state index >= 15 is 0 Å². The Morgan fingerprint density at radius 1 is 1.50 bits per heavy atom. The summed E-state index contributed by atoms with van der Waals surface area (Å²) in [6.07, 6.45) is -0.239. The smallest absolute Gasteiger partial charge is 0.211 e. The normalized spacial score (nSPS) is 12.1. The minimum absolute atomic E-state index is 0.0367. The van der Waals surface area contributed by atoms with Crippen molar-refractivity contribution < 1.29 is 19.7 Å². The van der Waals surface area contributed by atoms with Crippen LogP contribution in [0.4, 0.5) is 5.69 Å². The minimum atomic E-state index is -0.713. The van der Waals surface area contributed by atoms with E-state index < -0.39 is 6.10 Å². The number of carbonyl (C=O) groups excluding carboxylic acids is 1. The Bertz CT molecular complexity index is 384. The van der Waals surface area contributed by atoms with E-state index in [1.54, 1.807) is 13.2 Å². The highest BCUT2D eigenvalue weighted by Gasteiger charge is 2.09. The molecular weight excluding hydrogens is 236 g/mol. The quantitative estimate of drug-likeness (QED) is 0.303. The zero-order valence-corrected chi connectivity index (χ0v) is 10.2. The molecule has 0 saturated carbocycles. The third kappa shape index (κ3) is 4.33. The van der Waals surface area contributed by atoms with Crippen molar-refractivity contribution in [2.24, 2.45) is 0 Å². The fraction of sp³-hybridized carbons (Fsp3) is 0.417.